The van der Waals surface area contributed by atoms with Gasteiger partial charge < -0.3 is 45.9 Å². The van der Waals surface area contributed by atoms with Crippen molar-refractivity contribution in [2.24, 2.45) is 11.8 Å². The molecular formula is C47H60N6O12. The zero-order valence-corrected chi connectivity index (χ0v) is 37.7. The van der Waals surface area contributed by atoms with E-state index in [9.17, 15) is 48.6 Å². The van der Waals surface area contributed by atoms with Crippen molar-refractivity contribution in [1.29, 1.82) is 0 Å². The zero-order chi connectivity index (χ0) is 47.5. The number of nitrogens with one attached hydrogen (secondary N) is 5. The number of carboxylic acid groups (broad SMARTS) is 1. The number of anilines is 1. The molecule has 0 radical (unpaired) electrons. The lowest BCUT2D eigenvalue weighted by Gasteiger charge is -2.30. The number of ketones is 2. The Kier molecular flexibility index (Phi) is 17.3. The maximum absolute atomic E-state index is 14.1. The number of amides is 6. The fourth-order valence-corrected chi connectivity index (χ4v) is 8.57. The molecular weight excluding hydrogens is 841 g/mol. The van der Waals surface area contributed by atoms with E-state index in [0.29, 0.717) is 48.2 Å². The van der Waals surface area contributed by atoms with Crippen LogP contribution in [-0.4, -0.2) is 113 Å². The molecule has 3 heterocycles. The summed E-state index contributed by atoms with van der Waals surface area (Å²) >= 11 is 0. The number of fused-ring (bicyclic) bond motifs is 3. The summed E-state index contributed by atoms with van der Waals surface area (Å²) in [5.41, 5.74) is 2.31. The molecule has 1 unspecified atom stereocenters. The number of benzene rings is 1. The summed E-state index contributed by atoms with van der Waals surface area (Å²) in [5.74, 6) is -3.99. The topological polar surface area (TPSA) is 259 Å². The van der Waals surface area contributed by atoms with Gasteiger partial charge in [0.2, 0.25) is 29.3 Å². The molecule has 6 amide bonds. The molecule has 18 heteroatoms. The monoisotopic (exact) mass is 900 g/mol. The molecule has 5 rings (SSSR count). The number of piperidine rings is 1. The molecule has 1 aromatic rings. The van der Waals surface area contributed by atoms with Crippen molar-refractivity contribution >= 4 is 52.9 Å². The van der Waals surface area contributed by atoms with Gasteiger partial charge in [-0.05, 0) is 64.0 Å². The first-order valence-electron chi connectivity index (χ1n) is 21.9. The van der Waals surface area contributed by atoms with Crippen LogP contribution in [0.3, 0.4) is 0 Å². The third-order valence-corrected chi connectivity index (χ3v) is 12.1. The molecule has 0 aromatic heterocycles. The number of hydrogen-bond donors (Lipinski definition) is 7. The number of unbranched alkanes of at least 4 members (excludes halogenated alkanes) is 2. The van der Waals surface area contributed by atoms with E-state index < -0.39 is 65.8 Å². The van der Waals surface area contributed by atoms with Gasteiger partial charge >= 0.3 is 6.09 Å². The van der Waals surface area contributed by atoms with E-state index in [1.165, 1.54) is 38.2 Å². The van der Waals surface area contributed by atoms with E-state index in [0.717, 1.165) is 6.08 Å². The number of carbonyl (C=O) groups is 8. The molecule has 0 saturated carbocycles. The van der Waals surface area contributed by atoms with Gasteiger partial charge in [0.25, 0.3) is 11.8 Å². The van der Waals surface area contributed by atoms with Gasteiger partial charge in [-0.1, -0.05) is 56.2 Å². The summed E-state index contributed by atoms with van der Waals surface area (Å²) in [5, 5.41) is 34.5. The maximum atomic E-state index is 14.1. The number of aliphatic hydroxyl groups excluding tert-OH is 1. The maximum Gasteiger partial charge on any atom is 0.405 e. The molecule has 2 bridgehead atoms. The Morgan fingerprint density at radius 2 is 1.74 bits per heavy atom. The number of aliphatic hydroxyl groups is 1. The van der Waals surface area contributed by atoms with Crippen molar-refractivity contribution in [3.63, 3.8) is 0 Å². The second-order valence-corrected chi connectivity index (χ2v) is 17.0. The van der Waals surface area contributed by atoms with Crippen LogP contribution in [0.1, 0.15) is 95.0 Å². The van der Waals surface area contributed by atoms with Crippen LogP contribution in [0.4, 0.5) is 10.5 Å². The average Bonchev–Trinajstić information content (AvgIpc) is 3.59. The van der Waals surface area contributed by atoms with Crippen molar-refractivity contribution < 1.29 is 58.0 Å². The molecule has 1 saturated heterocycles. The molecule has 7 atom stereocenters. The molecule has 3 aliphatic heterocycles. The standard InChI is InChI=1S/C47H60N6O12/c1-25-20-30-41(48-19-9-7-8-16-38(55)49-32-14-11-13-29-31(32)24-53(46(29)61)34-17-18-39(56)51-45(34)60)35(54)23-33(43(30)58)50-44(59)26(2)12-10-15-36(64-5)40(52-47(62)63)27(3)22-28(4)42(57)37(21-25)65-6/h10-15,22-23,25,28,34,36-37,40,42,48,52,57H,7-9,16-21,24H2,1-6H3,(H,49,55)(H,50,59)(H,62,63)(H,51,56,60)/b15-10-,26-12+,27-22+/t25-,28+,34?,36+,37+,40+,42+/m1/s1. The number of nitrogens with zero attached hydrogens (tertiary/aromatic N) is 1. The highest BCUT2D eigenvalue weighted by Gasteiger charge is 2.40. The first-order chi connectivity index (χ1) is 30.9. The third-order valence-electron chi connectivity index (χ3n) is 12.1. The van der Waals surface area contributed by atoms with Crippen LogP contribution >= 0.6 is 0 Å². The Bertz CT molecular complexity index is 2230. The lowest BCUT2D eigenvalue weighted by atomic mass is 9.85. The highest BCUT2D eigenvalue weighted by molar-refractivity contribution is 6.23. The van der Waals surface area contributed by atoms with Gasteiger partial charge in [-0.3, -0.25) is 38.9 Å². The quantitative estimate of drug-likeness (QED) is 0.0687. The van der Waals surface area contributed by atoms with Gasteiger partial charge in [-0.25, -0.2) is 4.79 Å². The molecule has 18 nitrogen and oxygen atoms in total. The SMILES string of the molecule is CO[C@H]1/C=C\C=C(/C)C(=O)NC2=CC(=O)C(NCCCCCC(=O)Nc3cccc4c3CN(C3CCC(=O)NC3=O)C4=O)=C(C[C@@H](C)C[C@H](OC)[C@@H](O)[C@@H](C)/C=C(\C)[C@@H]1NC(=O)O)C2=O. The van der Waals surface area contributed by atoms with Crippen LogP contribution in [0, 0.1) is 11.8 Å². The van der Waals surface area contributed by atoms with E-state index in [1.54, 1.807) is 44.2 Å². The summed E-state index contributed by atoms with van der Waals surface area (Å²) in [4.78, 5) is 105. The number of Topliss-reactive ketones (excluding diaryl/α,β-unsaturated/α-hetero) is 1. The number of hydrogen-bond acceptors (Lipinski definition) is 12. The molecule has 4 aliphatic rings. The summed E-state index contributed by atoms with van der Waals surface area (Å²) < 4.78 is 11.3. The van der Waals surface area contributed by atoms with E-state index in [4.69, 9.17) is 9.47 Å². The number of carbonyl (C=O) groups excluding carboxylic acids is 7. The van der Waals surface area contributed by atoms with Gasteiger partial charge in [0.1, 0.15) is 6.04 Å². The number of rotatable bonds is 12. The van der Waals surface area contributed by atoms with E-state index in [1.807, 2.05) is 6.92 Å². The Hall–Kier alpha value is -6.24. The molecule has 1 aliphatic carbocycles. The number of imide groups is 1. The van der Waals surface area contributed by atoms with Crippen LogP contribution in [0.5, 0.6) is 0 Å². The first kappa shape index (κ1) is 49.8. The number of methoxy groups -OCH3 is 2. The van der Waals surface area contributed by atoms with Crippen LogP contribution < -0.4 is 26.6 Å². The minimum Gasteiger partial charge on any atom is -0.465 e. The first-order valence-corrected chi connectivity index (χ1v) is 21.9. The van der Waals surface area contributed by atoms with Gasteiger partial charge in [0, 0.05) is 80.1 Å². The van der Waals surface area contributed by atoms with Gasteiger partial charge in [0.05, 0.1) is 35.7 Å². The summed E-state index contributed by atoms with van der Waals surface area (Å²) in [6.07, 6.45) is 6.13. The van der Waals surface area contributed by atoms with Crippen molar-refractivity contribution in [3.8, 4) is 0 Å². The third kappa shape index (κ3) is 12.5. The van der Waals surface area contributed by atoms with E-state index >= 15 is 0 Å². The minimum absolute atomic E-state index is 0.0986. The normalized spacial score (nSPS) is 28.0. The molecule has 65 heavy (non-hydrogen) atoms. The van der Waals surface area contributed by atoms with Gasteiger partial charge in [0.15, 0.2) is 0 Å². The zero-order valence-electron chi connectivity index (χ0n) is 37.7. The Morgan fingerprint density at radius 3 is 2.43 bits per heavy atom. The molecule has 1 fully saturated rings. The van der Waals surface area contributed by atoms with Crippen LogP contribution in [-0.2, 0) is 44.8 Å². The molecule has 350 valence electrons. The van der Waals surface area contributed by atoms with Crippen LogP contribution in [0.2, 0.25) is 0 Å². The number of ether oxygens (including phenoxy) is 2. The molecule has 7 N–H and O–H groups in total. The van der Waals surface area contributed by atoms with Crippen molar-refractivity contribution in [3.05, 3.63) is 87.8 Å². The molecule has 1 aromatic carbocycles. The minimum atomic E-state index is -1.28. The fraction of sp³-hybridized carbons (Fsp3) is 0.489. The predicted molar refractivity (Wildman–Crippen MR) is 238 cm³/mol. The lowest BCUT2D eigenvalue weighted by molar-refractivity contribution is -0.137. The van der Waals surface area contributed by atoms with Crippen molar-refractivity contribution in [2.45, 2.75) is 116 Å². The van der Waals surface area contributed by atoms with E-state index in [-0.39, 0.29) is 84.8 Å². The smallest absolute Gasteiger partial charge is 0.405 e. The average molecular weight is 901 g/mol. The summed E-state index contributed by atoms with van der Waals surface area (Å²) in [6, 6.07) is 3.39. The summed E-state index contributed by atoms with van der Waals surface area (Å²) in [7, 11) is 2.88. The molecule has 0 spiro atoms. The van der Waals surface area contributed by atoms with Gasteiger partial charge in [-0.15, -0.1) is 0 Å². The largest absolute Gasteiger partial charge is 0.465 e. The predicted octanol–water partition coefficient (Wildman–Crippen LogP) is 3.48. The second-order valence-electron chi connectivity index (χ2n) is 17.0. The highest BCUT2D eigenvalue weighted by atomic mass is 16.5. The van der Waals surface area contributed by atoms with Gasteiger partial charge in [-0.2, -0.15) is 0 Å². The fourth-order valence-electron chi connectivity index (χ4n) is 8.57. The Labute approximate surface area is 378 Å². The Morgan fingerprint density at radius 1 is 0.985 bits per heavy atom. The van der Waals surface area contributed by atoms with Crippen molar-refractivity contribution in [2.75, 3.05) is 26.1 Å². The highest BCUT2D eigenvalue weighted by Crippen LogP contribution is 2.33. The summed E-state index contributed by atoms with van der Waals surface area (Å²) in [6.45, 7) is 7.31. The Balaban J connectivity index is 1.25. The lowest BCUT2D eigenvalue weighted by Crippen LogP contribution is -2.52. The van der Waals surface area contributed by atoms with Crippen molar-refractivity contribution in [1.82, 2.24) is 26.2 Å². The van der Waals surface area contributed by atoms with Crippen LogP contribution in [0.25, 0.3) is 0 Å². The van der Waals surface area contributed by atoms with Crippen LogP contribution in [0.15, 0.2) is 76.7 Å². The second kappa shape index (κ2) is 22.6. The number of allylic oxidation sites excluding steroid dienone is 4. The van der Waals surface area contributed by atoms with E-state index in [2.05, 4.69) is 26.6 Å².